The Bertz CT molecular complexity index is 463. The van der Waals surface area contributed by atoms with Gasteiger partial charge in [0.05, 0.1) is 23.3 Å². The lowest BCUT2D eigenvalue weighted by Gasteiger charge is -2.12. The summed E-state index contributed by atoms with van der Waals surface area (Å²) in [5.41, 5.74) is 0. The predicted octanol–water partition coefficient (Wildman–Crippen LogP) is 0.916. The molecule has 4 nitrogen and oxygen atoms in total. The third kappa shape index (κ3) is 3.65. The number of rotatable bonds is 5. The number of hydrogen-bond acceptors (Lipinski definition) is 4. The van der Waals surface area contributed by atoms with Crippen molar-refractivity contribution in [2.45, 2.75) is 4.90 Å². The van der Waals surface area contributed by atoms with Gasteiger partial charge < -0.3 is 0 Å². The van der Waals surface area contributed by atoms with Gasteiger partial charge in [-0.1, -0.05) is 18.2 Å². The topological polar surface area (TPSA) is 61.2 Å². The maximum Gasteiger partial charge on any atom is 0.179 e. The van der Waals surface area contributed by atoms with Crippen LogP contribution >= 0.6 is 0 Å². The first-order valence-corrected chi connectivity index (χ1v) is 6.55. The Balaban J connectivity index is 2.64. The van der Waals surface area contributed by atoms with E-state index in [2.05, 4.69) is 0 Å². The fourth-order valence-corrected chi connectivity index (χ4v) is 2.58. The molecule has 0 radical (unpaired) electrons. The standard InChI is InChI=1S/C11H14N2O2S/c1-13(8-7-12)9-10-16(14,15)11-5-3-2-4-6-11/h2-6H,8-10H2,1H3. The highest BCUT2D eigenvalue weighted by Crippen LogP contribution is 2.09. The van der Waals surface area contributed by atoms with E-state index in [1.165, 1.54) is 0 Å². The molecule has 0 aliphatic rings. The summed E-state index contributed by atoms with van der Waals surface area (Å²) in [6.45, 7) is 0.606. The molecule has 0 heterocycles. The molecule has 1 rings (SSSR count). The van der Waals surface area contributed by atoms with Crippen molar-refractivity contribution in [3.05, 3.63) is 30.3 Å². The average molecular weight is 238 g/mol. The van der Waals surface area contributed by atoms with Crippen molar-refractivity contribution in [2.24, 2.45) is 0 Å². The number of hydrogen-bond donors (Lipinski definition) is 0. The number of nitriles is 1. The molecule has 16 heavy (non-hydrogen) atoms. The van der Waals surface area contributed by atoms with Crippen molar-refractivity contribution in [3.63, 3.8) is 0 Å². The van der Waals surface area contributed by atoms with E-state index in [0.29, 0.717) is 11.4 Å². The van der Waals surface area contributed by atoms with Gasteiger partial charge in [0.1, 0.15) is 0 Å². The van der Waals surface area contributed by atoms with Gasteiger partial charge in [0.25, 0.3) is 0 Å². The molecule has 0 aliphatic carbocycles. The second kappa shape index (κ2) is 5.64. The maximum absolute atomic E-state index is 11.8. The maximum atomic E-state index is 11.8. The Morgan fingerprint density at radius 1 is 1.31 bits per heavy atom. The lowest BCUT2D eigenvalue weighted by molar-refractivity contribution is 0.396. The Morgan fingerprint density at radius 2 is 1.94 bits per heavy atom. The predicted molar refractivity (Wildman–Crippen MR) is 61.6 cm³/mol. The van der Waals surface area contributed by atoms with Crippen molar-refractivity contribution in [3.8, 4) is 6.07 Å². The van der Waals surface area contributed by atoms with Crippen molar-refractivity contribution in [1.29, 1.82) is 5.26 Å². The molecule has 0 atom stereocenters. The summed E-state index contributed by atoms with van der Waals surface area (Å²) < 4.78 is 23.7. The van der Waals surface area contributed by atoms with Crippen LogP contribution < -0.4 is 0 Å². The number of nitrogens with zero attached hydrogens (tertiary/aromatic N) is 2. The lowest BCUT2D eigenvalue weighted by atomic mass is 10.4. The molecule has 1 aromatic rings. The summed E-state index contributed by atoms with van der Waals surface area (Å²) >= 11 is 0. The molecule has 0 aromatic heterocycles. The van der Waals surface area contributed by atoms with Gasteiger partial charge in [-0.3, -0.25) is 4.90 Å². The van der Waals surface area contributed by atoms with Crippen molar-refractivity contribution < 1.29 is 8.42 Å². The van der Waals surface area contributed by atoms with Crippen LogP contribution in [0.4, 0.5) is 0 Å². The molecule has 0 aliphatic heterocycles. The van der Waals surface area contributed by atoms with Gasteiger partial charge in [-0.2, -0.15) is 5.26 Å². The van der Waals surface area contributed by atoms with Gasteiger partial charge in [-0.05, 0) is 19.2 Å². The molecule has 0 fully saturated rings. The van der Waals surface area contributed by atoms with Crippen molar-refractivity contribution in [1.82, 2.24) is 4.90 Å². The minimum atomic E-state index is -3.22. The summed E-state index contributed by atoms with van der Waals surface area (Å²) in [5.74, 6) is 0.0369. The molecule has 0 saturated carbocycles. The first-order valence-electron chi connectivity index (χ1n) is 4.89. The van der Waals surface area contributed by atoms with Crippen LogP contribution in [-0.2, 0) is 9.84 Å². The van der Waals surface area contributed by atoms with Gasteiger partial charge in [-0.25, -0.2) is 8.42 Å². The monoisotopic (exact) mass is 238 g/mol. The van der Waals surface area contributed by atoms with Crippen LogP contribution in [0, 0.1) is 11.3 Å². The van der Waals surface area contributed by atoms with E-state index in [1.54, 1.807) is 42.3 Å². The van der Waals surface area contributed by atoms with E-state index < -0.39 is 9.84 Å². The fourth-order valence-electron chi connectivity index (χ4n) is 1.22. The number of benzene rings is 1. The van der Waals surface area contributed by atoms with E-state index >= 15 is 0 Å². The van der Waals surface area contributed by atoms with Gasteiger partial charge in [0, 0.05) is 6.54 Å². The van der Waals surface area contributed by atoms with Crippen molar-refractivity contribution >= 4 is 9.84 Å². The lowest BCUT2D eigenvalue weighted by Crippen LogP contribution is -2.26. The highest BCUT2D eigenvalue weighted by Gasteiger charge is 2.14. The Morgan fingerprint density at radius 3 is 2.50 bits per heavy atom. The van der Waals surface area contributed by atoms with Crippen LogP contribution in [0.25, 0.3) is 0 Å². The van der Waals surface area contributed by atoms with E-state index in [1.807, 2.05) is 6.07 Å². The fraction of sp³-hybridized carbons (Fsp3) is 0.364. The van der Waals surface area contributed by atoms with Crippen LogP contribution in [0.5, 0.6) is 0 Å². The Hall–Kier alpha value is -1.38. The zero-order valence-electron chi connectivity index (χ0n) is 9.13. The highest BCUT2D eigenvalue weighted by molar-refractivity contribution is 7.91. The third-order valence-electron chi connectivity index (χ3n) is 2.18. The smallest absolute Gasteiger partial charge is 0.179 e. The van der Waals surface area contributed by atoms with Gasteiger partial charge >= 0.3 is 0 Å². The van der Waals surface area contributed by atoms with Gasteiger partial charge in [-0.15, -0.1) is 0 Å². The largest absolute Gasteiger partial charge is 0.293 e. The molecular weight excluding hydrogens is 224 g/mol. The van der Waals surface area contributed by atoms with Crippen LogP contribution in [0.1, 0.15) is 0 Å². The zero-order valence-corrected chi connectivity index (χ0v) is 9.94. The Kier molecular flexibility index (Phi) is 4.47. The van der Waals surface area contributed by atoms with E-state index in [-0.39, 0.29) is 12.3 Å². The summed E-state index contributed by atoms with van der Waals surface area (Å²) in [4.78, 5) is 2.01. The molecule has 0 unspecified atom stereocenters. The highest BCUT2D eigenvalue weighted by atomic mass is 32.2. The van der Waals surface area contributed by atoms with Gasteiger partial charge in [0.15, 0.2) is 9.84 Å². The second-order valence-electron chi connectivity index (χ2n) is 3.53. The molecule has 1 aromatic carbocycles. The van der Waals surface area contributed by atoms with Crippen LogP contribution in [-0.4, -0.2) is 39.2 Å². The first kappa shape index (κ1) is 12.7. The van der Waals surface area contributed by atoms with Gasteiger partial charge in [0.2, 0.25) is 0 Å². The molecule has 0 N–H and O–H groups in total. The first-order chi connectivity index (χ1) is 7.56. The summed E-state index contributed by atoms with van der Waals surface area (Å²) in [5, 5.41) is 8.44. The molecule has 0 amide bonds. The number of sulfone groups is 1. The average Bonchev–Trinajstić information content (AvgIpc) is 2.28. The minimum Gasteiger partial charge on any atom is -0.293 e. The van der Waals surface area contributed by atoms with Crippen LogP contribution in [0.2, 0.25) is 0 Å². The summed E-state index contributed by atoms with van der Waals surface area (Å²) in [6, 6.07) is 10.3. The zero-order chi connectivity index (χ0) is 12.0. The van der Waals surface area contributed by atoms with Crippen molar-refractivity contribution in [2.75, 3.05) is 25.9 Å². The molecular formula is C11H14N2O2S. The van der Waals surface area contributed by atoms with E-state index in [0.717, 1.165) is 0 Å². The molecule has 0 spiro atoms. The SMILES string of the molecule is CN(CC#N)CCS(=O)(=O)c1ccccc1. The summed E-state index contributed by atoms with van der Waals surface area (Å²) in [6.07, 6.45) is 0. The van der Waals surface area contributed by atoms with E-state index in [4.69, 9.17) is 5.26 Å². The molecule has 0 bridgehead atoms. The molecule has 86 valence electrons. The van der Waals surface area contributed by atoms with Crippen LogP contribution in [0.3, 0.4) is 0 Å². The normalized spacial score (nSPS) is 11.3. The minimum absolute atomic E-state index is 0.0369. The third-order valence-corrected chi connectivity index (χ3v) is 3.90. The quantitative estimate of drug-likeness (QED) is 0.715. The second-order valence-corrected chi connectivity index (χ2v) is 5.64. The summed E-state index contributed by atoms with van der Waals surface area (Å²) in [7, 11) is -1.50. The molecule has 0 saturated heterocycles. The van der Waals surface area contributed by atoms with E-state index in [9.17, 15) is 8.42 Å². The Labute approximate surface area is 96.0 Å². The molecule has 5 heteroatoms. The van der Waals surface area contributed by atoms with Crippen LogP contribution in [0.15, 0.2) is 35.2 Å².